The normalized spacial score (nSPS) is 20.6. The van der Waals surface area contributed by atoms with Gasteiger partial charge in [0.25, 0.3) is 0 Å². The average molecular weight is 127 g/mol. The molecule has 0 aromatic rings. The van der Waals surface area contributed by atoms with E-state index in [0.717, 1.165) is 6.54 Å². The van der Waals surface area contributed by atoms with Gasteiger partial charge in [0, 0.05) is 6.54 Å². The van der Waals surface area contributed by atoms with Crippen LogP contribution >= 0.6 is 0 Å². The van der Waals surface area contributed by atoms with E-state index in [1.54, 1.807) is 0 Å². The number of hydrogen-bond donors (Lipinski definition) is 0. The van der Waals surface area contributed by atoms with Crippen LogP contribution in [0.3, 0.4) is 0 Å². The molecule has 0 amide bonds. The molecular weight excluding hydrogens is 114 g/mol. The fraction of sp³-hybridized carbons (Fsp3) is 0.857. The molecule has 0 saturated carbocycles. The molecule has 0 aliphatic carbocycles. The molecule has 0 N–H and O–H groups in total. The van der Waals surface area contributed by atoms with Crippen molar-refractivity contribution in [2.24, 2.45) is 5.92 Å². The number of carbonyl (C=O) groups excluding carboxylic acids is 1. The minimum Gasteiger partial charge on any atom is -0.297 e. The van der Waals surface area contributed by atoms with Gasteiger partial charge in [-0.15, -0.1) is 0 Å². The quantitative estimate of drug-likeness (QED) is 0.539. The fourth-order valence-corrected chi connectivity index (χ4v) is 1.10. The van der Waals surface area contributed by atoms with Crippen molar-refractivity contribution in [2.45, 2.75) is 13.8 Å². The number of hydrogen-bond acceptors (Lipinski definition) is 2. The Bertz CT molecular complexity index is 112. The minimum absolute atomic E-state index is 0.385. The van der Waals surface area contributed by atoms with Gasteiger partial charge < -0.3 is 0 Å². The highest BCUT2D eigenvalue weighted by Crippen LogP contribution is 2.05. The van der Waals surface area contributed by atoms with E-state index in [2.05, 4.69) is 18.7 Å². The molecule has 1 heterocycles. The summed E-state index contributed by atoms with van der Waals surface area (Å²) in [5.74, 6) is 1.08. The Morgan fingerprint density at radius 3 is 2.44 bits per heavy atom. The summed E-state index contributed by atoms with van der Waals surface area (Å²) >= 11 is 0. The molecule has 0 radical (unpaired) electrons. The molecular formula is C7H13NO. The maximum Gasteiger partial charge on any atom is 0.160 e. The van der Waals surface area contributed by atoms with Crippen LogP contribution in [0.2, 0.25) is 0 Å². The first-order chi connectivity index (χ1) is 4.18. The molecule has 2 heteroatoms. The van der Waals surface area contributed by atoms with Gasteiger partial charge in [-0.05, 0) is 5.92 Å². The summed E-state index contributed by atoms with van der Waals surface area (Å²) in [5.41, 5.74) is 0. The number of likely N-dealkylation sites (tertiary alicyclic amines) is 1. The Labute approximate surface area is 55.8 Å². The molecule has 1 fully saturated rings. The van der Waals surface area contributed by atoms with Crippen molar-refractivity contribution >= 4 is 5.78 Å². The minimum atomic E-state index is 0.385. The van der Waals surface area contributed by atoms with Gasteiger partial charge in [0.1, 0.15) is 0 Å². The molecule has 2 nitrogen and oxygen atoms in total. The predicted molar refractivity (Wildman–Crippen MR) is 36.3 cm³/mol. The molecule has 0 aromatic carbocycles. The molecule has 0 atom stereocenters. The second-order valence-electron chi connectivity index (χ2n) is 3.10. The Morgan fingerprint density at radius 1 is 1.56 bits per heavy atom. The molecule has 0 spiro atoms. The van der Waals surface area contributed by atoms with Crippen LogP contribution in [0.5, 0.6) is 0 Å². The molecule has 0 unspecified atom stereocenters. The van der Waals surface area contributed by atoms with Crippen LogP contribution in [0.15, 0.2) is 0 Å². The van der Waals surface area contributed by atoms with Gasteiger partial charge >= 0.3 is 0 Å². The Balaban J connectivity index is 2.11. The van der Waals surface area contributed by atoms with Crippen LogP contribution in [-0.2, 0) is 4.79 Å². The van der Waals surface area contributed by atoms with Crippen LogP contribution in [0.4, 0.5) is 0 Å². The maximum atomic E-state index is 10.4. The molecule has 0 bridgehead atoms. The smallest absolute Gasteiger partial charge is 0.160 e. The lowest BCUT2D eigenvalue weighted by Crippen LogP contribution is -2.48. The van der Waals surface area contributed by atoms with E-state index in [4.69, 9.17) is 0 Å². The summed E-state index contributed by atoms with van der Waals surface area (Å²) in [7, 11) is 0. The molecule has 9 heavy (non-hydrogen) atoms. The first kappa shape index (κ1) is 6.75. The molecule has 1 aliphatic rings. The number of ketones is 1. The van der Waals surface area contributed by atoms with Crippen LogP contribution in [0.25, 0.3) is 0 Å². The first-order valence-corrected chi connectivity index (χ1v) is 3.42. The lowest BCUT2D eigenvalue weighted by atomic mass is 10.1. The highest BCUT2D eigenvalue weighted by molar-refractivity contribution is 5.87. The highest BCUT2D eigenvalue weighted by atomic mass is 16.1. The van der Waals surface area contributed by atoms with E-state index in [1.165, 1.54) is 0 Å². The zero-order valence-corrected chi connectivity index (χ0v) is 6.05. The molecule has 52 valence electrons. The second kappa shape index (κ2) is 2.48. The first-order valence-electron chi connectivity index (χ1n) is 3.42. The summed E-state index contributed by atoms with van der Waals surface area (Å²) in [6.45, 7) is 6.80. The summed E-state index contributed by atoms with van der Waals surface area (Å²) in [6.07, 6.45) is 0. The van der Waals surface area contributed by atoms with E-state index in [-0.39, 0.29) is 0 Å². The third-order valence-electron chi connectivity index (χ3n) is 1.42. The maximum absolute atomic E-state index is 10.4. The lowest BCUT2D eigenvalue weighted by Gasteiger charge is -2.30. The number of Topliss-reactive ketones (excluding diaryl/α,β-unsaturated/α-hetero) is 1. The summed E-state index contributed by atoms with van der Waals surface area (Å²) < 4.78 is 0. The van der Waals surface area contributed by atoms with Crippen molar-refractivity contribution in [3.63, 3.8) is 0 Å². The van der Waals surface area contributed by atoms with Crippen molar-refractivity contribution in [3.8, 4) is 0 Å². The Hall–Kier alpha value is -0.370. The van der Waals surface area contributed by atoms with Crippen molar-refractivity contribution in [2.75, 3.05) is 19.6 Å². The van der Waals surface area contributed by atoms with Crippen LogP contribution in [-0.4, -0.2) is 30.3 Å². The summed E-state index contributed by atoms with van der Waals surface area (Å²) in [4.78, 5) is 12.6. The fourth-order valence-electron chi connectivity index (χ4n) is 1.10. The van der Waals surface area contributed by atoms with E-state index in [1.807, 2.05) is 0 Å². The summed E-state index contributed by atoms with van der Waals surface area (Å²) in [6, 6.07) is 0. The SMILES string of the molecule is CC(C)CN1CC(=O)C1. The second-order valence-corrected chi connectivity index (χ2v) is 3.10. The average Bonchev–Trinajstić information content (AvgIpc) is 1.60. The van der Waals surface area contributed by atoms with Gasteiger partial charge in [-0.3, -0.25) is 9.69 Å². The number of nitrogens with zero attached hydrogens (tertiary/aromatic N) is 1. The van der Waals surface area contributed by atoms with E-state index >= 15 is 0 Å². The molecule has 1 aliphatic heterocycles. The molecule has 1 saturated heterocycles. The highest BCUT2D eigenvalue weighted by Gasteiger charge is 2.22. The standard InChI is InChI=1S/C7H13NO/c1-6(2)3-8-4-7(9)5-8/h6H,3-5H2,1-2H3. The predicted octanol–water partition coefficient (Wildman–Crippen LogP) is 0.527. The van der Waals surface area contributed by atoms with Gasteiger partial charge in [0.05, 0.1) is 13.1 Å². The Morgan fingerprint density at radius 2 is 2.11 bits per heavy atom. The van der Waals surface area contributed by atoms with Gasteiger partial charge in [-0.2, -0.15) is 0 Å². The largest absolute Gasteiger partial charge is 0.297 e. The monoisotopic (exact) mass is 127 g/mol. The van der Waals surface area contributed by atoms with Crippen LogP contribution < -0.4 is 0 Å². The van der Waals surface area contributed by atoms with Crippen molar-refractivity contribution in [1.82, 2.24) is 4.90 Å². The van der Waals surface area contributed by atoms with E-state index in [9.17, 15) is 4.79 Å². The van der Waals surface area contributed by atoms with Gasteiger partial charge in [-0.25, -0.2) is 0 Å². The van der Waals surface area contributed by atoms with E-state index < -0.39 is 0 Å². The molecule has 0 aromatic heterocycles. The Kier molecular flexibility index (Phi) is 1.86. The van der Waals surface area contributed by atoms with Crippen molar-refractivity contribution in [1.29, 1.82) is 0 Å². The molecule has 1 rings (SSSR count). The third-order valence-corrected chi connectivity index (χ3v) is 1.42. The van der Waals surface area contributed by atoms with Crippen molar-refractivity contribution in [3.05, 3.63) is 0 Å². The van der Waals surface area contributed by atoms with Gasteiger partial charge in [0.2, 0.25) is 0 Å². The van der Waals surface area contributed by atoms with Gasteiger partial charge in [-0.1, -0.05) is 13.8 Å². The number of rotatable bonds is 2. The summed E-state index contributed by atoms with van der Waals surface area (Å²) in [5, 5.41) is 0. The third kappa shape index (κ3) is 1.79. The van der Waals surface area contributed by atoms with E-state index in [0.29, 0.717) is 24.8 Å². The topological polar surface area (TPSA) is 20.3 Å². The van der Waals surface area contributed by atoms with Crippen LogP contribution in [0, 0.1) is 5.92 Å². The lowest BCUT2D eigenvalue weighted by molar-refractivity contribution is -0.129. The van der Waals surface area contributed by atoms with Crippen LogP contribution in [0.1, 0.15) is 13.8 Å². The number of carbonyl (C=O) groups is 1. The zero-order chi connectivity index (χ0) is 6.85. The zero-order valence-electron chi connectivity index (χ0n) is 6.05. The van der Waals surface area contributed by atoms with Gasteiger partial charge in [0.15, 0.2) is 5.78 Å². The van der Waals surface area contributed by atoms with Crippen molar-refractivity contribution < 1.29 is 4.79 Å².